The highest BCUT2D eigenvalue weighted by Gasteiger charge is 2.07. The lowest BCUT2D eigenvalue weighted by atomic mass is 10.2. The van der Waals surface area contributed by atoms with Crippen LogP contribution in [-0.2, 0) is 9.53 Å². The number of ether oxygens (including phenoxy) is 1. The molecule has 0 spiro atoms. The Balaban J connectivity index is 1.86. The van der Waals surface area contributed by atoms with E-state index in [0.29, 0.717) is 16.4 Å². The van der Waals surface area contributed by atoms with Crippen molar-refractivity contribution in [3.63, 3.8) is 0 Å². The predicted molar refractivity (Wildman–Crippen MR) is 75.7 cm³/mol. The molecule has 1 heterocycles. The maximum absolute atomic E-state index is 11.7. The molecule has 2 N–H and O–H groups in total. The molecule has 0 fully saturated rings. The third-order valence-corrected chi connectivity index (χ3v) is 3.31. The minimum atomic E-state index is -0.406. The standard InChI is InChI=1S/C13H13N3O3S/c1-19-12(18)9-2-4-10(5-3-9)16-11(17)8-20-13-14-6-7-15-13/h2-7H,8H2,1H3,(H,14,15)(H,16,17). The van der Waals surface area contributed by atoms with Crippen molar-refractivity contribution in [3.8, 4) is 0 Å². The second-order valence-electron chi connectivity index (χ2n) is 3.80. The van der Waals surface area contributed by atoms with Crippen LogP contribution in [0.5, 0.6) is 0 Å². The van der Waals surface area contributed by atoms with Gasteiger partial charge >= 0.3 is 5.97 Å². The van der Waals surface area contributed by atoms with Gasteiger partial charge in [0.15, 0.2) is 5.16 Å². The average molecular weight is 291 g/mol. The molecule has 1 amide bonds. The summed E-state index contributed by atoms with van der Waals surface area (Å²) in [4.78, 5) is 29.9. The van der Waals surface area contributed by atoms with Crippen LogP contribution in [0.4, 0.5) is 5.69 Å². The molecule has 7 heteroatoms. The Kier molecular flexibility index (Phi) is 4.78. The first-order valence-corrected chi connectivity index (χ1v) is 6.78. The minimum Gasteiger partial charge on any atom is -0.465 e. The number of nitrogens with zero attached hydrogens (tertiary/aromatic N) is 1. The summed E-state index contributed by atoms with van der Waals surface area (Å²) in [6, 6.07) is 6.51. The third-order valence-electron chi connectivity index (χ3n) is 2.40. The van der Waals surface area contributed by atoms with E-state index in [4.69, 9.17) is 0 Å². The Hall–Kier alpha value is -2.28. The molecular formula is C13H13N3O3S. The number of methoxy groups -OCH3 is 1. The number of nitrogens with one attached hydrogen (secondary N) is 2. The Morgan fingerprint density at radius 1 is 1.35 bits per heavy atom. The summed E-state index contributed by atoms with van der Waals surface area (Å²) >= 11 is 1.31. The number of esters is 1. The van der Waals surface area contributed by atoms with Crippen molar-refractivity contribution in [2.24, 2.45) is 0 Å². The van der Waals surface area contributed by atoms with E-state index in [1.54, 1.807) is 36.7 Å². The lowest BCUT2D eigenvalue weighted by Crippen LogP contribution is -2.14. The molecule has 104 valence electrons. The van der Waals surface area contributed by atoms with E-state index in [1.165, 1.54) is 18.9 Å². The van der Waals surface area contributed by atoms with Crippen LogP contribution in [0.15, 0.2) is 41.8 Å². The number of anilines is 1. The molecule has 0 aliphatic heterocycles. The molecule has 2 aromatic rings. The summed E-state index contributed by atoms with van der Waals surface area (Å²) in [6.45, 7) is 0. The molecule has 20 heavy (non-hydrogen) atoms. The van der Waals surface area contributed by atoms with Crippen LogP contribution in [-0.4, -0.2) is 34.7 Å². The SMILES string of the molecule is COC(=O)c1ccc(NC(=O)CSc2ncc[nH]2)cc1. The highest BCUT2D eigenvalue weighted by molar-refractivity contribution is 7.99. The number of carbonyl (C=O) groups is 2. The van der Waals surface area contributed by atoms with Gasteiger partial charge in [-0.25, -0.2) is 9.78 Å². The molecule has 0 saturated carbocycles. The van der Waals surface area contributed by atoms with E-state index in [0.717, 1.165) is 0 Å². The molecule has 0 atom stereocenters. The summed E-state index contributed by atoms with van der Waals surface area (Å²) in [5.41, 5.74) is 1.07. The summed E-state index contributed by atoms with van der Waals surface area (Å²) in [6.07, 6.45) is 3.33. The van der Waals surface area contributed by atoms with Gasteiger partial charge in [0, 0.05) is 18.1 Å². The number of aromatic amines is 1. The van der Waals surface area contributed by atoms with Gasteiger partial charge in [-0.15, -0.1) is 0 Å². The first-order chi connectivity index (χ1) is 9.69. The van der Waals surface area contributed by atoms with Crippen molar-refractivity contribution in [3.05, 3.63) is 42.2 Å². The highest BCUT2D eigenvalue weighted by Crippen LogP contribution is 2.14. The number of amides is 1. The first-order valence-electron chi connectivity index (χ1n) is 5.79. The number of hydrogen-bond donors (Lipinski definition) is 2. The van der Waals surface area contributed by atoms with Crippen molar-refractivity contribution in [2.75, 3.05) is 18.2 Å². The summed E-state index contributed by atoms with van der Waals surface area (Å²) in [7, 11) is 1.32. The monoisotopic (exact) mass is 291 g/mol. The number of rotatable bonds is 5. The van der Waals surface area contributed by atoms with E-state index in [1.807, 2.05) is 0 Å². The van der Waals surface area contributed by atoms with Crippen molar-refractivity contribution >= 4 is 29.3 Å². The van der Waals surface area contributed by atoms with Crippen molar-refractivity contribution in [1.82, 2.24) is 9.97 Å². The van der Waals surface area contributed by atoms with E-state index in [9.17, 15) is 9.59 Å². The number of hydrogen-bond acceptors (Lipinski definition) is 5. The Labute approximate surface area is 119 Å². The maximum atomic E-state index is 11.7. The van der Waals surface area contributed by atoms with E-state index >= 15 is 0 Å². The Bertz CT molecular complexity index is 581. The van der Waals surface area contributed by atoms with Gasteiger partial charge in [-0.1, -0.05) is 11.8 Å². The van der Waals surface area contributed by atoms with Crippen LogP contribution >= 0.6 is 11.8 Å². The van der Waals surface area contributed by atoms with Gasteiger partial charge < -0.3 is 15.0 Å². The average Bonchev–Trinajstić information content (AvgIpc) is 2.98. The third kappa shape index (κ3) is 3.86. The van der Waals surface area contributed by atoms with Crippen molar-refractivity contribution in [2.45, 2.75) is 5.16 Å². The topological polar surface area (TPSA) is 84.1 Å². The predicted octanol–water partition coefficient (Wildman–Crippen LogP) is 1.93. The van der Waals surface area contributed by atoms with Crippen LogP contribution in [0.3, 0.4) is 0 Å². The van der Waals surface area contributed by atoms with Crippen LogP contribution < -0.4 is 5.32 Å². The van der Waals surface area contributed by atoms with Gasteiger partial charge in [-0.2, -0.15) is 0 Å². The molecule has 6 nitrogen and oxygen atoms in total. The molecule has 0 aliphatic carbocycles. The van der Waals surface area contributed by atoms with Gasteiger partial charge in [0.05, 0.1) is 18.4 Å². The minimum absolute atomic E-state index is 0.141. The number of thioether (sulfide) groups is 1. The molecule has 0 radical (unpaired) electrons. The van der Waals surface area contributed by atoms with Crippen LogP contribution in [0.25, 0.3) is 0 Å². The smallest absolute Gasteiger partial charge is 0.337 e. The van der Waals surface area contributed by atoms with E-state index in [-0.39, 0.29) is 11.7 Å². The number of imidazole rings is 1. The molecule has 0 unspecified atom stereocenters. The summed E-state index contributed by atoms with van der Waals surface area (Å²) in [5, 5.41) is 3.43. The van der Waals surface area contributed by atoms with Crippen LogP contribution in [0.1, 0.15) is 10.4 Å². The van der Waals surface area contributed by atoms with Crippen molar-refractivity contribution < 1.29 is 14.3 Å². The van der Waals surface area contributed by atoms with E-state index < -0.39 is 5.97 Å². The molecule has 0 bridgehead atoms. The normalized spacial score (nSPS) is 10.1. The van der Waals surface area contributed by atoms with Gasteiger partial charge in [0.1, 0.15) is 0 Å². The molecule has 1 aromatic carbocycles. The lowest BCUT2D eigenvalue weighted by Gasteiger charge is -2.05. The fourth-order valence-corrected chi connectivity index (χ4v) is 2.09. The van der Waals surface area contributed by atoms with Gasteiger partial charge in [-0.3, -0.25) is 4.79 Å². The second kappa shape index (κ2) is 6.76. The molecule has 1 aromatic heterocycles. The van der Waals surface area contributed by atoms with Gasteiger partial charge in [0.2, 0.25) is 5.91 Å². The first kappa shape index (κ1) is 14.1. The fourth-order valence-electron chi connectivity index (χ4n) is 1.47. The van der Waals surface area contributed by atoms with Crippen molar-refractivity contribution in [1.29, 1.82) is 0 Å². The number of carbonyl (C=O) groups excluding carboxylic acids is 2. The number of benzene rings is 1. The Morgan fingerprint density at radius 2 is 2.10 bits per heavy atom. The van der Waals surface area contributed by atoms with Crippen LogP contribution in [0, 0.1) is 0 Å². The molecular weight excluding hydrogens is 278 g/mol. The van der Waals surface area contributed by atoms with E-state index in [2.05, 4.69) is 20.0 Å². The fraction of sp³-hybridized carbons (Fsp3) is 0.154. The maximum Gasteiger partial charge on any atom is 0.337 e. The molecule has 0 saturated heterocycles. The number of aromatic nitrogens is 2. The van der Waals surface area contributed by atoms with Gasteiger partial charge in [0.25, 0.3) is 0 Å². The quantitative estimate of drug-likeness (QED) is 0.649. The zero-order chi connectivity index (χ0) is 14.4. The lowest BCUT2D eigenvalue weighted by molar-refractivity contribution is -0.113. The summed E-state index contributed by atoms with van der Waals surface area (Å²) < 4.78 is 4.60. The highest BCUT2D eigenvalue weighted by atomic mass is 32.2. The molecule has 0 aliphatic rings. The Morgan fingerprint density at radius 3 is 2.70 bits per heavy atom. The zero-order valence-corrected chi connectivity index (χ0v) is 11.6. The van der Waals surface area contributed by atoms with Gasteiger partial charge in [-0.05, 0) is 24.3 Å². The largest absolute Gasteiger partial charge is 0.465 e. The number of H-pyrrole nitrogens is 1. The molecule has 2 rings (SSSR count). The van der Waals surface area contributed by atoms with Crippen LogP contribution in [0.2, 0.25) is 0 Å². The second-order valence-corrected chi connectivity index (χ2v) is 4.76. The summed E-state index contributed by atoms with van der Waals surface area (Å²) in [5.74, 6) is -0.291. The zero-order valence-electron chi connectivity index (χ0n) is 10.8.